The fourth-order valence-corrected chi connectivity index (χ4v) is 2.62. The first-order chi connectivity index (χ1) is 11.1. The molecule has 23 heavy (non-hydrogen) atoms. The van der Waals surface area contributed by atoms with Gasteiger partial charge in [0.2, 0.25) is 0 Å². The normalized spacial score (nSPS) is 10.5. The summed E-state index contributed by atoms with van der Waals surface area (Å²) in [6, 6.07) is 14.1. The van der Waals surface area contributed by atoms with E-state index >= 15 is 0 Å². The van der Waals surface area contributed by atoms with Crippen LogP contribution in [-0.2, 0) is 0 Å². The van der Waals surface area contributed by atoms with Crippen LogP contribution < -0.4 is 10.4 Å². The van der Waals surface area contributed by atoms with E-state index < -0.39 is 5.63 Å². The van der Waals surface area contributed by atoms with E-state index in [-0.39, 0.29) is 6.61 Å². The Hall–Kier alpha value is -2.77. The maximum atomic E-state index is 12.4. The molecule has 0 spiro atoms. The third kappa shape index (κ3) is 2.92. The highest BCUT2D eigenvalue weighted by Gasteiger charge is 2.14. The Morgan fingerprint density at radius 2 is 1.96 bits per heavy atom. The molecule has 1 aromatic heterocycles. The summed E-state index contributed by atoms with van der Waals surface area (Å²) < 4.78 is 10.7. The molecule has 4 nitrogen and oxygen atoms in total. The Balaban J connectivity index is 2.16. The third-order valence-corrected chi connectivity index (χ3v) is 3.83. The predicted octanol–water partition coefficient (Wildman–Crippen LogP) is 4.32. The van der Waals surface area contributed by atoms with Gasteiger partial charge in [0.15, 0.2) is 6.61 Å². The van der Waals surface area contributed by atoms with Crippen molar-refractivity contribution in [3.63, 3.8) is 0 Å². The Bertz CT molecular complexity index is 968. The Morgan fingerprint density at radius 1 is 1.22 bits per heavy atom. The fraction of sp³-hybridized carbons (Fsp3) is 0.111. The Kier molecular flexibility index (Phi) is 4.05. The minimum Gasteiger partial charge on any atom is -0.479 e. The smallest absolute Gasteiger partial charge is 0.344 e. The lowest BCUT2D eigenvalue weighted by molar-refractivity contribution is 0.368. The van der Waals surface area contributed by atoms with Gasteiger partial charge in [0.25, 0.3) is 0 Å². The summed E-state index contributed by atoms with van der Waals surface area (Å²) in [6.07, 6.45) is 0. The first-order valence-corrected chi connectivity index (χ1v) is 7.31. The molecular weight excluding hydrogens is 314 g/mol. The summed E-state index contributed by atoms with van der Waals surface area (Å²) in [5.74, 6) is 0.487. The van der Waals surface area contributed by atoms with Gasteiger partial charge in [-0.25, -0.2) is 4.79 Å². The van der Waals surface area contributed by atoms with Crippen LogP contribution in [-0.4, -0.2) is 6.61 Å². The molecule has 0 bridgehead atoms. The van der Waals surface area contributed by atoms with Gasteiger partial charge in [-0.15, -0.1) is 0 Å². The molecule has 5 heteroatoms. The van der Waals surface area contributed by atoms with Crippen LogP contribution in [0.4, 0.5) is 0 Å². The number of ether oxygens (including phenoxy) is 1. The molecule has 3 rings (SSSR count). The molecule has 0 unspecified atom stereocenters. The number of hydrogen-bond acceptors (Lipinski definition) is 4. The summed E-state index contributed by atoms with van der Waals surface area (Å²) in [7, 11) is 0. The zero-order valence-corrected chi connectivity index (χ0v) is 13.1. The second kappa shape index (κ2) is 6.15. The monoisotopic (exact) mass is 325 g/mol. The van der Waals surface area contributed by atoms with Crippen molar-refractivity contribution in [1.82, 2.24) is 0 Å². The first-order valence-electron chi connectivity index (χ1n) is 6.93. The van der Waals surface area contributed by atoms with Gasteiger partial charge in [-0.3, -0.25) is 0 Å². The predicted molar refractivity (Wildman–Crippen MR) is 88.8 cm³/mol. The van der Waals surface area contributed by atoms with E-state index in [1.54, 1.807) is 36.4 Å². The maximum absolute atomic E-state index is 12.4. The second-order valence-corrected chi connectivity index (χ2v) is 5.44. The largest absolute Gasteiger partial charge is 0.479 e. The molecule has 114 valence electrons. The van der Waals surface area contributed by atoms with E-state index in [2.05, 4.69) is 0 Å². The van der Waals surface area contributed by atoms with Crippen LogP contribution in [0, 0.1) is 18.3 Å². The maximum Gasteiger partial charge on any atom is 0.344 e. The number of nitriles is 1. The van der Waals surface area contributed by atoms with Crippen molar-refractivity contribution in [3.05, 3.63) is 63.5 Å². The number of hydrogen-bond donors (Lipinski definition) is 0. The lowest BCUT2D eigenvalue weighted by Crippen LogP contribution is -2.06. The number of halogens is 1. The van der Waals surface area contributed by atoms with Crippen molar-refractivity contribution in [2.75, 3.05) is 6.61 Å². The molecule has 0 amide bonds. The third-order valence-electron chi connectivity index (χ3n) is 3.58. The number of nitrogens with zero attached hydrogens (tertiary/aromatic N) is 1. The summed E-state index contributed by atoms with van der Waals surface area (Å²) >= 11 is 5.89. The van der Waals surface area contributed by atoms with Gasteiger partial charge < -0.3 is 9.15 Å². The second-order valence-electron chi connectivity index (χ2n) is 5.00. The van der Waals surface area contributed by atoms with E-state index in [4.69, 9.17) is 26.0 Å². The van der Waals surface area contributed by atoms with Gasteiger partial charge in [-0.2, -0.15) is 5.26 Å². The van der Waals surface area contributed by atoms with Gasteiger partial charge in [-0.1, -0.05) is 23.7 Å². The van der Waals surface area contributed by atoms with E-state index in [1.807, 2.05) is 19.1 Å². The topological polar surface area (TPSA) is 63.2 Å². The van der Waals surface area contributed by atoms with Crippen LogP contribution in [0.2, 0.25) is 5.02 Å². The van der Waals surface area contributed by atoms with E-state index in [9.17, 15) is 4.79 Å². The lowest BCUT2D eigenvalue weighted by atomic mass is 10.00. The SMILES string of the molecule is Cc1c(-c2ccc(Cl)cc2)c(=O)oc2cc(OCC#N)ccc12. The summed E-state index contributed by atoms with van der Waals surface area (Å²) in [5.41, 5.74) is 2.10. The highest BCUT2D eigenvalue weighted by atomic mass is 35.5. The minimum atomic E-state index is -0.422. The molecule has 3 aromatic rings. The number of benzene rings is 2. The molecule has 0 aliphatic carbocycles. The molecule has 0 aliphatic heterocycles. The Morgan fingerprint density at radius 3 is 2.65 bits per heavy atom. The van der Waals surface area contributed by atoms with E-state index in [1.165, 1.54) is 0 Å². The molecule has 0 atom stereocenters. The zero-order valence-electron chi connectivity index (χ0n) is 12.3. The molecule has 0 radical (unpaired) electrons. The van der Waals surface area contributed by atoms with Crippen LogP contribution in [0.1, 0.15) is 5.56 Å². The van der Waals surface area contributed by atoms with Gasteiger partial charge in [0.05, 0.1) is 5.56 Å². The van der Waals surface area contributed by atoms with Crippen LogP contribution in [0.3, 0.4) is 0 Å². The van der Waals surface area contributed by atoms with Crippen LogP contribution in [0.15, 0.2) is 51.7 Å². The molecule has 2 aromatic carbocycles. The van der Waals surface area contributed by atoms with E-state index in [0.717, 1.165) is 16.5 Å². The lowest BCUT2D eigenvalue weighted by Gasteiger charge is -2.09. The van der Waals surface area contributed by atoms with Crippen molar-refractivity contribution in [1.29, 1.82) is 5.26 Å². The highest BCUT2D eigenvalue weighted by molar-refractivity contribution is 6.30. The number of aryl methyl sites for hydroxylation is 1. The van der Waals surface area contributed by atoms with Crippen LogP contribution in [0.25, 0.3) is 22.1 Å². The minimum absolute atomic E-state index is 0.0580. The van der Waals surface area contributed by atoms with Crippen molar-refractivity contribution in [2.45, 2.75) is 6.92 Å². The zero-order chi connectivity index (χ0) is 16.4. The summed E-state index contributed by atoms with van der Waals surface area (Å²) in [6.45, 7) is 1.82. The molecule has 0 saturated heterocycles. The van der Waals surface area contributed by atoms with Crippen molar-refractivity contribution >= 4 is 22.6 Å². The number of rotatable bonds is 3. The fourth-order valence-electron chi connectivity index (χ4n) is 2.49. The first kappa shape index (κ1) is 15.1. The number of fused-ring (bicyclic) bond motifs is 1. The van der Waals surface area contributed by atoms with Crippen molar-refractivity contribution in [3.8, 4) is 22.9 Å². The molecule has 0 saturated carbocycles. The quantitative estimate of drug-likeness (QED) is 0.672. The molecule has 0 N–H and O–H groups in total. The van der Waals surface area contributed by atoms with Gasteiger partial charge in [0.1, 0.15) is 17.4 Å². The van der Waals surface area contributed by atoms with Gasteiger partial charge in [-0.05, 0) is 42.3 Å². The Labute approximate surface area is 137 Å². The standard InChI is InChI=1S/C18H12ClNO3/c1-11-15-7-6-14(22-9-8-20)10-16(15)23-18(21)17(11)12-2-4-13(19)5-3-12/h2-7,10H,9H2,1H3. The van der Waals surface area contributed by atoms with Gasteiger partial charge in [0, 0.05) is 16.5 Å². The summed E-state index contributed by atoms with van der Waals surface area (Å²) in [4.78, 5) is 12.4. The highest BCUT2D eigenvalue weighted by Crippen LogP contribution is 2.29. The molecule has 1 heterocycles. The molecule has 0 aliphatic rings. The average molecular weight is 326 g/mol. The van der Waals surface area contributed by atoms with Gasteiger partial charge >= 0.3 is 5.63 Å². The van der Waals surface area contributed by atoms with Crippen LogP contribution >= 0.6 is 11.6 Å². The van der Waals surface area contributed by atoms with Crippen molar-refractivity contribution in [2.24, 2.45) is 0 Å². The molecule has 0 fully saturated rings. The van der Waals surface area contributed by atoms with Crippen molar-refractivity contribution < 1.29 is 9.15 Å². The van der Waals surface area contributed by atoms with Crippen LogP contribution in [0.5, 0.6) is 5.75 Å². The summed E-state index contributed by atoms with van der Waals surface area (Å²) in [5, 5.41) is 9.98. The average Bonchev–Trinajstić information content (AvgIpc) is 2.54. The van der Waals surface area contributed by atoms with E-state index in [0.29, 0.717) is 21.9 Å². The molecular formula is C18H12ClNO3.